The van der Waals surface area contributed by atoms with E-state index in [2.05, 4.69) is 6.92 Å². The highest BCUT2D eigenvalue weighted by atomic mass is 32.2. The summed E-state index contributed by atoms with van der Waals surface area (Å²) in [6.07, 6.45) is 4.78. The average Bonchev–Trinajstić information content (AvgIpc) is 2.93. The lowest BCUT2D eigenvalue weighted by Crippen LogP contribution is -2.55. The lowest BCUT2D eigenvalue weighted by Gasteiger charge is -2.46. The number of ether oxygens (including phenoxy) is 3. The van der Waals surface area contributed by atoms with Crippen molar-refractivity contribution in [1.82, 2.24) is 4.31 Å². The lowest BCUT2D eigenvalue weighted by atomic mass is 9.94. The van der Waals surface area contributed by atoms with Gasteiger partial charge in [-0.1, -0.05) is 50.1 Å². The van der Waals surface area contributed by atoms with Crippen molar-refractivity contribution in [3.05, 3.63) is 82.6 Å². The van der Waals surface area contributed by atoms with Crippen LogP contribution < -0.4 is 9.64 Å². The molecule has 2 heterocycles. The molecule has 1 unspecified atom stereocenters. The zero-order valence-corrected chi connectivity index (χ0v) is 22.5. The number of rotatable bonds is 9. The van der Waals surface area contributed by atoms with Crippen LogP contribution in [0.15, 0.2) is 77.0 Å². The summed E-state index contributed by atoms with van der Waals surface area (Å²) in [7, 11) is 0.174. The average molecular weight is 527 g/mol. The van der Waals surface area contributed by atoms with Crippen molar-refractivity contribution in [2.75, 3.05) is 26.2 Å². The van der Waals surface area contributed by atoms with Crippen LogP contribution in [0.2, 0.25) is 0 Å². The van der Waals surface area contributed by atoms with Gasteiger partial charge in [0.1, 0.15) is 16.2 Å². The predicted molar refractivity (Wildman–Crippen MR) is 142 cm³/mol. The number of hydrogen-bond acceptors (Lipinski definition) is 7. The van der Waals surface area contributed by atoms with Gasteiger partial charge in [0, 0.05) is 24.5 Å². The minimum Gasteiger partial charge on any atom is -0.497 e. The highest BCUT2D eigenvalue weighted by Crippen LogP contribution is 2.44. The first kappa shape index (κ1) is 26.8. The molecule has 0 N–H and O–H groups in total. The van der Waals surface area contributed by atoms with E-state index in [1.165, 1.54) is 14.2 Å². The molecule has 2 aliphatic heterocycles. The fraction of sp³-hybridized carbons (Fsp3) is 0.393. The zero-order valence-electron chi connectivity index (χ0n) is 21.7. The van der Waals surface area contributed by atoms with E-state index in [1.807, 2.05) is 59.5 Å². The van der Waals surface area contributed by atoms with E-state index in [1.54, 1.807) is 17.6 Å². The smallest absolute Gasteiger partial charge is 0.342 e. The Hall–Kier alpha value is -3.30. The summed E-state index contributed by atoms with van der Waals surface area (Å²) in [5, 5.41) is 0. The number of hydrogen-bond donors (Lipinski definition) is 0. The first-order chi connectivity index (χ1) is 17.8. The molecule has 0 radical (unpaired) electrons. The molecule has 198 valence electrons. The SMILES string of the molecule is CCCC[C@@H]1CC2C(=C(C(=O)OC)C(OC)=CN2c2ccccc2)S(=O)(=O)N1Cc1ccc(OC)cc1. The van der Waals surface area contributed by atoms with Gasteiger partial charge >= 0.3 is 5.97 Å². The maximum absolute atomic E-state index is 14.4. The Morgan fingerprint density at radius 3 is 2.30 bits per heavy atom. The van der Waals surface area contributed by atoms with Gasteiger partial charge in [-0.15, -0.1) is 0 Å². The fourth-order valence-electron chi connectivity index (χ4n) is 5.05. The topological polar surface area (TPSA) is 85.4 Å². The number of anilines is 1. The van der Waals surface area contributed by atoms with Gasteiger partial charge in [-0.05, 0) is 42.7 Å². The molecule has 0 amide bonds. The molecular formula is C28H34N2O6S. The van der Waals surface area contributed by atoms with Crippen molar-refractivity contribution in [2.24, 2.45) is 0 Å². The van der Waals surface area contributed by atoms with Gasteiger partial charge in [-0.3, -0.25) is 0 Å². The summed E-state index contributed by atoms with van der Waals surface area (Å²) in [6.45, 7) is 2.28. The predicted octanol–water partition coefficient (Wildman–Crippen LogP) is 4.59. The monoisotopic (exact) mass is 526 g/mol. The molecule has 8 nitrogen and oxygen atoms in total. The maximum atomic E-state index is 14.4. The van der Waals surface area contributed by atoms with Gasteiger partial charge in [0.2, 0.25) is 10.0 Å². The third-order valence-corrected chi connectivity index (χ3v) is 9.01. The van der Waals surface area contributed by atoms with Crippen molar-refractivity contribution >= 4 is 21.7 Å². The molecule has 0 aromatic heterocycles. The van der Waals surface area contributed by atoms with E-state index in [4.69, 9.17) is 14.2 Å². The molecule has 37 heavy (non-hydrogen) atoms. The van der Waals surface area contributed by atoms with Crippen LogP contribution in [0.5, 0.6) is 5.75 Å². The standard InChI is InChI=1S/C28H34N2O6S/c1-5-6-10-22-17-24-27(37(32,33)30(22)18-20-13-15-23(34-2)16-14-20)26(28(31)36-4)25(35-3)19-29(24)21-11-8-7-9-12-21/h7-9,11-16,19,22,24H,5-6,10,17-18H2,1-4H3/t22-,24?/m1/s1. The second-order valence-electron chi connectivity index (χ2n) is 9.12. The minimum atomic E-state index is -4.09. The van der Waals surface area contributed by atoms with Crippen molar-refractivity contribution < 1.29 is 27.4 Å². The molecule has 9 heteroatoms. The minimum absolute atomic E-state index is 0.0174. The molecule has 0 bridgehead atoms. The first-order valence-corrected chi connectivity index (χ1v) is 13.9. The number of carbonyl (C=O) groups is 1. The van der Waals surface area contributed by atoms with Gasteiger partial charge in [0.05, 0.1) is 27.4 Å². The summed E-state index contributed by atoms with van der Waals surface area (Å²) in [5.41, 5.74) is 1.61. The van der Waals surface area contributed by atoms with E-state index >= 15 is 0 Å². The Labute approximate surface area is 219 Å². The highest BCUT2D eigenvalue weighted by molar-refractivity contribution is 7.93. The number of methoxy groups -OCH3 is 3. The van der Waals surface area contributed by atoms with Crippen LogP contribution in [0.4, 0.5) is 5.69 Å². The Kier molecular flexibility index (Phi) is 8.24. The Morgan fingerprint density at radius 1 is 1.00 bits per heavy atom. The number of sulfonamides is 1. The molecule has 4 rings (SSSR count). The van der Waals surface area contributed by atoms with E-state index in [9.17, 15) is 13.2 Å². The second-order valence-corrected chi connectivity index (χ2v) is 11.0. The first-order valence-electron chi connectivity index (χ1n) is 12.4. The fourth-order valence-corrected chi connectivity index (χ4v) is 7.20. The van der Waals surface area contributed by atoms with Gasteiger partial charge < -0.3 is 19.1 Å². The molecule has 2 aliphatic rings. The molecular weight excluding hydrogens is 492 g/mol. The molecule has 0 saturated carbocycles. The third-order valence-electron chi connectivity index (χ3n) is 6.93. The van der Waals surface area contributed by atoms with E-state index in [0.717, 1.165) is 24.1 Å². The van der Waals surface area contributed by atoms with E-state index < -0.39 is 22.0 Å². The Balaban J connectivity index is 1.87. The second kappa shape index (κ2) is 11.4. The number of esters is 1. The molecule has 2 aromatic rings. The van der Waals surface area contributed by atoms with Crippen molar-refractivity contribution in [1.29, 1.82) is 0 Å². The quantitative estimate of drug-likeness (QED) is 0.442. The van der Waals surface area contributed by atoms with Gasteiger partial charge in [0.15, 0.2) is 5.76 Å². The number of benzene rings is 2. The Morgan fingerprint density at radius 2 is 1.70 bits per heavy atom. The zero-order chi connectivity index (χ0) is 26.6. The summed E-state index contributed by atoms with van der Waals surface area (Å²) >= 11 is 0. The molecule has 0 spiro atoms. The molecule has 2 atom stereocenters. The van der Waals surface area contributed by atoms with Crippen molar-refractivity contribution in [3.63, 3.8) is 0 Å². The van der Waals surface area contributed by atoms with Crippen LogP contribution in [-0.4, -0.2) is 52.1 Å². The summed E-state index contributed by atoms with van der Waals surface area (Å²) in [5.74, 6) is 0.118. The largest absolute Gasteiger partial charge is 0.497 e. The summed E-state index contributed by atoms with van der Waals surface area (Å²) < 4.78 is 46.3. The van der Waals surface area contributed by atoms with E-state index in [-0.39, 0.29) is 28.8 Å². The summed E-state index contributed by atoms with van der Waals surface area (Å²) in [6, 6.07) is 16.1. The molecule has 1 saturated heterocycles. The molecule has 0 aliphatic carbocycles. The normalized spacial score (nSPS) is 21.2. The van der Waals surface area contributed by atoms with Crippen LogP contribution in [0.3, 0.4) is 0 Å². The van der Waals surface area contributed by atoms with Crippen LogP contribution in [0.1, 0.15) is 38.2 Å². The number of fused-ring (bicyclic) bond motifs is 1. The van der Waals surface area contributed by atoms with Crippen molar-refractivity contribution in [3.8, 4) is 5.75 Å². The number of nitrogens with zero attached hydrogens (tertiary/aromatic N) is 2. The van der Waals surface area contributed by atoms with E-state index in [0.29, 0.717) is 18.6 Å². The van der Waals surface area contributed by atoms with Crippen LogP contribution >= 0.6 is 0 Å². The van der Waals surface area contributed by atoms with Crippen LogP contribution in [-0.2, 0) is 30.8 Å². The van der Waals surface area contributed by atoms with Crippen LogP contribution in [0, 0.1) is 0 Å². The molecule has 2 aromatic carbocycles. The number of para-hydroxylation sites is 1. The van der Waals surface area contributed by atoms with Crippen LogP contribution in [0.25, 0.3) is 0 Å². The summed E-state index contributed by atoms with van der Waals surface area (Å²) in [4.78, 5) is 14.9. The van der Waals surface area contributed by atoms with Gasteiger partial charge in [-0.25, -0.2) is 13.2 Å². The maximum Gasteiger partial charge on any atom is 0.342 e. The number of carbonyl (C=O) groups excluding carboxylic acids is 1. The van der Waals surface area contributed by atoms with Gasteiger partial charge in [-0.2, -0.15) is 4.31 Å². The van der Waals surface area contributed by atoms with Gasteiger partial charge in [0.25, 0.3) is 0 Å². The number of unbranched alkanes of at least 4 members (excludes halogenated alkanes) is 1. The lowest BCUT2D eigenvalue weighted by molar-refractivity contribution is -0.136. The van der Waals surface area contributed by atoms with Crippen molar-refractivity contribution in [2.45, 2.75) is 51.2 Å². The third kappa shape index (κ3) is 5.24. The highest BCUT2D eigenvalue weighted by Gasteiger charge is 2.50. The Bertz CT molecular complexity index is 1270. The molecule has 1 fully saturated rings.